The van der Waals surface area contributed by atoms with Crippen molar-refractivity contribution >= 4 is 17.7 Å². The van der Waals surface area contributed by atoms with Gasteiger partial charge in [-0.3, -0.25) is 0 Å². The molecule has 1 aliphatic carbocycles. The molecule has 1 atom stereocenters. The van der Waals surface area contributed by atoms with Crippen LogP contribution in [-0.2, 0) is 4.74 Å². The molecule has 1 amide bonds. The summed E-state index contributed by atoms with van der Waals surface area (Å²) in [6.07, 6.45) is 8.52. The summed E-state index contributed by atoms with van der Waals surface area (Å²) in [6.45, 7) is 6.09. The molecule has 1 saturated carbocycles. The van der Waals surface area contributed by atoms with Gasteiger partial charge in [-0.1, -0.05) is 36.9 Å². The SMILES string of the molecule is C=CCC1(CNC(=O)OC(C)Cl)CCCCC1. The highest BCUT2D eigenvalue weighted by molar-refractivity contribution is 6.19. The van der Waals surface area contributed by atoms with E-state index in [0.717, 1.165) is 19.3 Å². The van der Waals surface area contributed by atoms with Gasteiger partial charge in [-0.15, -0.1) is 6.58 Å². The van der Waals surface area contributed by atoms with Crippen LogP contribution < -0.4 is 5.32 Å². The molecular weight excluding hydrogens is 238 g/mol. The maximum absolute atomic E-state index is 11.4. The number of ether oxygens (including phenoxy) is 1. The lowest BCUT2D eigenvalue weighted by atomic mass is 9.72. The number of rotatable bonds is 5. The Morgan fingerprint density at radius 2 is 2.18 bits per heavy atom. The van der Waals surface area contributed by atoms with Crippen molar-refractivity contribution in [3.05, 3.63) is 12.7 Å². The van der Waals surface area contributed by atoms with Crippen molar-refractivity contribution in [3.63, 3.8) is 0 Å². The average molecular weight is 260 g/mol. The number of alkyl halides is 1. The van der Waals surface area contributed by atoms with Crippen molar-refractivity contribution in [2.75, 3.05) is 6.54 Å². The van der Waals surface area contributed by atoms with Gasteiger partial charge in [0.15, 0.2) is 5.56 Å². The van der Waals surface area contributed by atoms with Gasteiger partial charge in [0.2, 0.25) is 0 Å². The molecule has 1 N–H and O–H groups in total. The molecule has 3 nitrogen and oxygen atoms in total. The average Bonchev–Trinajstić information content (AvgIpc) is 2.27. The highest BCUT2D eigenvalue weighted by Gasteiger charge is 2.31. The van der Waals surface area contributed by atoms with Gasteiger partial charge in [-0.25, -0.2) is 4.79 Å². The molecule has 1 unspecified atom stereocenters. The Balaban J connectivity index is 2.43. The molecule has 0 aromatic heterocycles. The molecule has 0 aromatic carbocycles. The lowest BCUT2D eigenvalue weighted by Gasteiger charge is -2.36. The fraction of sp³-hybridized carbons (Fsp3) is 0.769. The van der Waals surface area contributed by atoms with Gasteiger partial charge >= 0.3 is 6.09 Å². The highest BCUT2D eigenvalue weighted by atomic mass is 35.5. The minimum atomic E-state index is -0.586. The summed E-state index contributed by atoms with van der Waals surface area (Å²) in [5.74, 6) is 0. The van der Waals surface area contributed by atoms with Crippen molar-refractivity contribution in [1.82, 2.24) is 5.32 Å². The zero-order valence-corrected chi connectivity index (χ0v) is 11.3. The van der Waals surface area contributed by atoms with Crippen LogP contribution in [0.1, 0.15) is 45.4 Å². The Morgan fingerprint density at radius 1 is 1.53 bits per heavy atom. The molecule has 0 spiro atoms. The lowest BCUT2D eigenvalue weighted by molar-refractivity contribution is 0.124. The van der Waals surface area contributed by atoms with E-state index < -0.39 is 11.7 Å². The second-order valence-corrected chi connectivity index (χ2v) is 5.47. The largest absolute Gasteiger partial charge is 0.430 e. The Bertz CT molecular complexity index is 260. The van der Waals surface area contributed by atoms with Crippen LogP contribution in [0.5, 0.6) is 0 Å². The zero-order chi connectivity index (χ0) is 12.7. The molecule has 0 heterocycles. The van der Waals surface area contributed by atoms with E-state index in [0.29, 0.717) is 6.54 Å². The van der Waals surface area contributed by atoms with Crippen LogP contribution in [0.4, 0.5) is 4.79 Å². The Hall–Kier alpha value is -0.700. The number of carbonyl (C=O) groups is 1. The molecule has 1 fully saturated rings. The van der Waals surface area contributed by atoms with Crippen molar-refractivity contribution in [2.45, 2.75) is 51.0 Å². The summed E-state index contributed by atoms with van der Waals surface area (Å²) >= 11 is 5.59. The number of hydrogen-bond acceptors (Lipinski definition) is 2. The van der Waals surface area contributed by atoms with Gasteiger partial charge in [0, 0.05) is 6.54 Å². The molecule has 0 aromatic rings. The number of halogens is 1. The van der Waals surface area contributed by atoms with Crippen molar-refractivity contribution in [2.24, 2.45) is 5.41 Å². The number of alkyl carbamates (subject to hydrolysis) is 1. The van der Waals surface area contributed by atoms with Crippen molar-refractivity contribution < 1.29 is 9.53 Å². The predicted molar refractivity (Wildman–Crippen MR) is 70.1 cm³/mol. The maximum atomic E-state index is 11.4. The van der Waals surface area contributed by atoms with E-state index in [1.807, 2.05) is 6.08 Å². The van der Waals surface area contributed by atoms with Gasteiger partial charge < -0.3 is 10.1 Å². The third kappa shape index (κ3) is 4.99. The summed E-state index contributed by atoms with van der Waals surface area (Å²) in [5, 5.41) is 2.82. The van der Waals surface area contributed by atoms with Crippen LogP contribution >= 0.6 is 11.6 Å². The molecule has 98 valence electrons. The zero-order valence-electron chi connectivity index (χ0n) is 10.5. The van der Waals surface area contributed by atoms with E-state index in [1.54, 1.807) is 6.92 Å². The summed E-state index contributed by atoms with van der Waals surface area (Å²) in [4.78, 5) is 11.4. The molecule has 17 heavy (non-hydrogen) atoms. The first kappa shape index (κ1) is 14.4. The van der Waals surface area contributed by atoms with E-state index in [4.69, 9.17) is 16.3 Å². The Labute approximate surface area is 109 Å². The van der Waals surface area contributed by atoms with Gasteiger partial charge in [-0.05, 0) is 31.6 Å². The number of amides is 1. The quantitative estimate of drug-likeness (QED) is 0.602. The van der Waals surface area contributed by atoms with Crippen LogP contribution in [-0.4, -0.2) is 18.2 Å². The minimum Gasteiger partial charge on any atom is -0.430 e. The minimum absolute atomic E-state index is 0.175. The van der Waals surface area contributed by atoms with Gasteiger partial charge in [-0.2, -0.15) is 0 Å². The van der Waals surface area contributed by atoms with E-state index >= 15 is 0 Å². The Morgan fingerprint density at radius 3 is 2.71 bits per heavy atom. The first-order valence-electron chi connectivity index (χ1n) is 6.27. The number of nitrogens with one attached hydrogen (secondary N) is 1. The fourth-order valence-corrected chi connectivity index (χ4v) is 2.59. The Kier molecular flexibility index (Phi) is 5.83. The van der Waals surface area contributed by atoms with E-state index in [1.165, 1.54) is 19.3 Å². The monoisotopic (exact) mass is 259 g/mol. The van der Waals surface area contributed by atoms with E-state index in [9.17, 15) is 4.79 Å². The molecule has 1 rings (SSSR count). The molecule has 0 bridgehead atoms. The third-order valence-electron chi connectivity index (χ3n) is 3.37. The number of hydrogen-bond donors (Lipinski definition) is 1. The smallest absolute Gasteiger partial charge is 0.408 e. The molecule has 0 saturated heterocycles. The first-order valence-corrected chi connectivity index (χ1v) is 6.71. The summed E-state index contributed by atoms with van der Waals surface area (Å²) in [6, 6.07) is 0. The topological polar surface area (TPSA) is 38.3 Å². The fourth-order valence-electron chi connectivity index (χ4n) is 2.51. The van der Waals surface area contributed by atoms with Crippen LogP contribution in [0.2, 0.25) is 0 Å². The second-order valence-electron chi connectivity index (χ2n) is 4.86. The number of carbonyl (C=O) groups excluding carboxylic acids is 1. The van der Waals surface area contributed by atoms with Gasteiger partial charge in [0.1, 0.15) is 0 Å². The molecule has 0 aliphatic heterocycles. The van der Waals surface area contributed by atoms with Crippen molar-refractivity contribution in [1.29, 1.82) is 0 Å². The second kappa shape index (κ2) is 6.90. The summed E-state index contributed by atoms with van der Waals surface area (Å²) < 4.78 is 4.85. The normalized spacial score (nSPS) is 20.4. The van der Waals surface area contributed by atoms with Gasteiger partial charge in [0.05, 0.1) is 0 Å². The maximum Gasteiger partial charge on any atom is 0.408 e. The van der Waals surface area contributed by atoms with Crippen LogP contribution in [0.15, 0.2) is 12.7 Å². The molecule has 4 heteroatoms. The first-order chi connectivity index (χ1) is 8.08. The van der Waals surface area contributed by atoms with Gasteiger partial charge in [0.25, 0.3) is 0 Å². The lowest BCUT2D eigenvalue weighted by Crippen LogP contribution is -2.39. The van der Waals surface area contributed by atoms with E-state index in [2.05, 4.69) is 11.9 Å². The predicted octanol–water partition coefficient (Wildman–Crippen LogP) is 3.82. The van der Waals surface area contributed by atoms with Crippen LogP contribution in [0.25, 0.3) is 0 Å². The standard InChI is InChI=1S/C13H22ClNO2/c1-3-7-13(8-5-4-6-9-13)10-15-12(16)17-11(2)14/h3,11H,1,4-10H2,2H3,(H,15,16). The van der Waals surface area contributed by atoms with Crippen molar-refractivity contribution in [3.8, 4) is 0 Å². The molecule has 1 aliphatic rings. The molecule has 0 radical (unpaired) electrons. The summed E-state index contributed by atoms with van der Waals surface area (Å²) in [5.41, 5.74) is -0.411. The summed E-state index contributed by atoms with van der Waals surface area (Å²) in [7, 11) is 0. The van der Waals surface area contributed by atoms with Crippen LogP contribution in [0.3, 0.4) is 0 Å². The van der Waals surface area contributed by atoms with E-state index in [-0.39, 0.29) is 5.41 Å². The molecular formula is C13H22ClNO2. The van der Waals surface area contributed by atoms with Crippen LogP contribution in [0, 0.1) is 5.41 Å². The highest BCUT2D eigenvalue weighted by Crippen LogP contribution is 2.38. The number of allylic oxidation sites excluding steroid dienone is 1. The third-order valence-corrected chi connectivity index (χ3v) is 3.46.